The van der Waals surface area contributed by atoms with Gasteiger partial charge in [-0.3, -0.25) is 52.8 Å². The monoisotopic (exact) mass is 1200 g/mol. The maximum atomic E-state index is 15.4. The van der Waals surface area contributed by atoms with Crippen LogP contribution in [0.5, 0.6) is 0 Å². The summed E-state index contributed by atoms with van der Waals surface area (Å²) < 4.78 is 89.0. The van der Waals surface area contributed by atoms with Gasteiger partial charge in [0, 0.05) is 88.8 Å². The number of amides is 2. The highest BCUT2D eigenvalue weighted by Gasteiger charge is 2.69. The Bertz CT molecular complexity index is 2440. The van der Waals surface area contributed by atoms with Gasteiger partial charge >= 0.3 is 53.7 Å². The lowest BCUT2D eigenvalue weighted by atomic mass is 9.85. The summed E-state index contributed by atoms with van der Waals surface area (Å²) in [5.41, 5.74) is 0. The third-order valence-corrected chi connectivity index (χ3v) is 15.4. The summed E-state index contributed by atoms with van der Waals surface area (Å²) in [7, 11) is -0.867. The van der Waals surface area contributed by atoms with Crippen LogP contribution >= 0.6 is 11.8 Å². The molecule has 3 fully saturated rings. The number of hydrogen-bond acceptors (Lipinski definition) is 28. The fourth-order valence-electron chi connectivity index (χ4n) is 9.13. The van der Waals surface area contributed by atoms with Crippen molar-refractivity contribution in [1.82, 2.24) is 4.90 Å². The summed E-state index contributed by atoms with van der Waals surface area (Å²) in [6.45, 7) is 13.8. The first-order valence-corrected chi connectivity index (χ1v) is 30.4. The zero-order valence-electron chi connectivity index (χ0n) is 48.0. The zero-order chi connectivity index (χ0) is 61.6. The van der Waals surface area contributed by atoms with E-state index in [2.05, 4.69) is 19.6 Å². The Labute approximate surface area is 478 Å². The Morgan fingerprint density at radius 3 is 1.72 bits per heavy atom. The molecule has 1 aromatic rings. The molecule has 0 aliphatic carbocycles. The maximum absolute atomic E-state index is 15.4. The molecule has 30 heteroatoms. The third-order valence-electron chi connectivity index (χ3n) is 12.3. The van der Waals surface area contributed by atoms with Crippen molar-refractivity contribution in [2.45, 2.75) is 197 Å². The first kappa shape index (κ1) is 68.4. The molecule has 4 rings (SSSR count). The van der Waals surface area contributed by atoms with Crippen LogP contribution in [0.3, 0.4) is 0 Å². The molecule has 0 unspecified atom stereocenters. The Kier molecular flexibility index (Phi) is 25.4. The molecule has 82 heavy (non-hydrogen) atoms. The molecule has 3 heterocycles. The average molecular weight is 1200 g/mol. The number of rotatable bonds is 24. The Hall–Kier alpha value is -6.12. The highest BCUT2D eigenvalue weighted by atomic mass is 32.2. The van der Waals surface area contributed by atoms with Gasteiger partial charge in [-0.05, 0) is 18.2 Å². The molecule has 1 N–H and O–H groups in total. The van der Waals surface area contributed by atoms with Crippen LogP contribution in [-0.4, -0.2) is 214 Å². The molecule has 1 aromatic carbocycles. The van der Waals surface area contributed by atoms with Crippen molar-refractivity contribution in [2.75, 3.05) is 33.5 Å². The number of aliphatic hydroxyl groups is 1. The molecule has 0 spiro atoms. The minimum Gasteiger partial charge on any atom is -0.465 e. The van der Waals surface area contributed by atoms with Crippen molar-refractivity contribution in [3.8, 4) is 0 Å². The molecular weight excluding hydrogens is 1130 g/mol. The van der Waals surface area contributed by atoms with E-state index in [0.717, 1.165) is 76.3 Å². The quantitative estimate of drug-likeness (QED) is 0.0870. The van der Waals surface area contributed by atoms with Crippen LogP contribution in [0.15, 0.2) is 35.2 Å². The lowest BCUT2D eigenvalue weighted by Gasteiger charge is -2.55. The molecule has 3 aliphatic heterocycles. The van der Waals surface area contributed by atoms with Crippen molar-refractivity contribution in [2.24, 2.45) is 0 Å². The summed E-state index contributed by atoms with van der Waals surface area (Å²) in [6, 6.07) is 6.37. The normalized spacial score (nSPS) is 28.7. The van der Waals surface area contributed by atoms with Crippen LogP contribution in [0.2, 0.25) is 25.7 Å². The van der Waals surface area contributed by atoms with Gasteiger partial charge in [-0.15, -0.1) is 11.8 Å². The number of carbonyl (C=O) groups excluding carboxylic acids is 11. The predicted molar refractivity (Wildman–Crippen MR) is 278 cm³/mol. The number of esters is 9. The minimum atomic E-state index is -3.32. The number of methoxy groups -OCH3 is 1. The first-order valence-electron chi connectivity index (χ1n) is 25.8. The fraction of sp³-hybridized carbons (Fsp3) is 0.673. The predicted octanol–water partition coefficient (Wildman–Crippen LogP) is 1.46. The average Bonchev–Trinajstić information content (AvgIpc) is 3.57. The zero-order valence-corrected chi connectivity index (χ0v) is 49.8. The topological polar surface area (TPSA) is 350 Å². The van der Waals surface area contributed by atoms with Crippen molar-refractivity contribution in [1.29, 1.82) is 0 Å². The number of carbonyl (C=O) groups is 11. The van der Waals surface area contributed by atoms with Crippen LogP contribution in [0.25, 0.3) is 0 Å². The second-order valence-electron chi connectivity index (χ2n) is 20.3. The second-order valence-corrected chi connectivity index (χ2v) is 27.1. The smallest absolute Gasteiger partial charge is 0.368 e. The van der Waals surface area contributed by atoms with Gasteiger partial charge in [0.05, 0.1) is 13.7 Å². The molecule has 3 saturated heterocycles. The molecule has 0 bridgehead atoms. The van der Waals surface area contributed by atoms with E-state index in [4.69, 9.17) is 71.1 Å². The molecule has 16 atom stereocenters. The highest BCUT2D eigenvalue weighted by molar-refractivity contribution is 8.00. The van der Waals surface area contributed by atoms with Gasteiger partial charge in [-0.25, -0.2) is 4.79 Å². The summed E-state index contributed by atoms with van der Waals surface area (Å²) in [4.78, 5) is 148. The van der Waals surface area contributed by atoms with Gasteiger partial charge < -0.3 is 76.2 Å². The van der Waals surface area contributed by atoms with Crippen LogP contribution in [0.4, 0.5) is 0 Å². The van der Waals surface area contributed by atoms with E-state index < -0.39 is 190 Å². The summed E-state index contributed by atoms with van der Waals surface area (Å²) in [5, 5.41) is 10.6. The lowest BCUT2D eigenvalue weighted by Crippen LogP contribution is -2.77. The van der Waals surface area contributed by atoms with Crippen LogP contribution in [0, 0.1) is 0 Å². The highest BCUT2D eigenvalue weighted by Crippen LogP contribution is 2.49. The number of nitrogens with zero attached hydrogens (tertiary/aromatic N) is 1. The van der Waals surface area contributed by atoms with Crippen LogP contribution < -0.4 is 0 Å². The number of hydrogen-bond donors (Lipinski definition) is 1. The van der Waals surface area contributed by atoms with E-state index in [0.29, 0.717) is 22.7 Å². The minimum absolute atomic E-state index is 0.138. The SMILES string of the molecule is COC(=O)[C@]1(O[C@H]2[C@@H](O)[C@@H](COC(C)=O)O[C@@H](O[C@@H]3CO[C@@H](OCC[Si](C)(C)C)[C@H](OC(C)=O)[C@H]3OC(C)=O)[C@@H]2OC(C)=O)O[C@@H]([C@H](OC(C)=O)[C@@H](COC(C)=O)OC(C)=O)[C@H](N(C(C)=O)C(C)=O)[C@@H](OC(C)=O)[C@@H]1Sc1ccccc1. The van der Waals surface area contributed by atoms with E-state index in [1.54, 1.807) is 18.2 Å². The number of thioether (sulfide) groups is 1. The number of benzene rings is 1. The van der Waals surface area contributed by atoms with E-state index >= 15 is 4.79 Å². The molecule has 28 nitrogen and oxygen atoms in total. The third kappa shape index (κ3) is 19.0. The van der Waals surface area contributed by atoms with Gasteiger partial charge in [0.25, 0.3) is 5.79 Å². The largest absolute Gasteiger partial charge is 0.465 e. The molecule has 3 aliphatic rings. The summed E-state index contributed by atoms with van der Waals surface area (Å²) >= 11 is 0.661. The Morgan fingerprint density at radius 2 is 1.22 bits per heavy atom. The molecule has 0 radical (unpaired) electrons. The fourth-order valence-corrected chi connectivity index (χ4v) is 11.2. The molecular formula is C52H73NO27SSi. The van der Waals surface area contributed by atoms with Gasteiger partial charge in [-0.1, -0.05) is 37.8 Å². The van der Waals surface area contributed by atoms with Crippen molar-refractivity contribution in [3.63, 3.8) is 0 Å². The number of imide groups is 1. The first-order chi connectivity index (χ1) is 38.3. The van der Waals surface area contributed by atoms with Gasteiger partial charge in [0.1, 0.15) is 61.1 Å². The molecule has 458 valence electrons. The summed E-state index contributed by atoms with van der Waals surface area (Å²) in [6.07, 6.45) is -25.2. The van der Waals surface area contributed by atoms with Crippen molar-refractivity contribution in [3.05, 3.63) is 30.3 Å². The second kappa shape index (κ2) is 30.4. The number of ether oxygens (including phenoxy) is 15. The van der Waals surface area contributed by atoms with Crippen molar-refractivity contribution < 1.29 is 129 Å². The van der Waals surface area contributed by atoms with Gasteiger partial charge in [0.15, 0.2) is 43.1 Å². The van der Waals surface area contributed by atoms with Crippen molar-refractivity contribution >= 4 is 85.4 Å². The van der Waals surface area contributed by atoms with Gasteiger partial charge in [0.2, 0.25) is 11.8 Å². The van der Waals surface area contributed by atoms with E-state index in [-0.39, 0.29) is 11.5 Å². The van der Waals surface area contributed by atoms with Crippen LogP contribution in [0.1, 0.15) is 69.2 Å². The molecule has 0 saturated carbocycles. The van der Waals surface area contributed by atoms with Crippen LogP contribution in [-0.2, 0) is 124 Å². The standard InChI is InChI=1S/C52H73NO27SSi/c1-25(54)53(26(2)55)39-43(41(72-30(6)59)37(71-29(5)58)23-69-28(4)57)79-52(51(65)66-11,48(44(39)74-32(8)61)81-35-18-16-15-17-19-35)80-45-40(64)36(22-68-27(3)56)77-50(47(45)76-34(10)63)78-38-24-70-49(67-20-21-82(12,13)14)46(75-33(9)62)42(38)73-31(7)60/h15-19,36-50,64H,20-24H2,1-14H3/t36-,37-,38-,39+,40+,41-,42+,43-,44-,45+,46-,47-,48+,49-,50+,52+/m1/s1. The van der Waals surface area contributed by atoms with Gasteiger partial charge in [-0.2, -0.15) is 0 Å². The lowest BCUT2D eigenvalue weighted by molar-refractivity contribution is -0.381. The number of aliphatic hydroxyl groups excluding tert-OH is 1. The van der Waals surface area contributed by atoms with E-state index in [1.165, 1.54) is 12.1 Å². The van der Waals surface area contributed by atoms with E-state index in [9.17, 15) is 53.1 Å². The van der Waals surface area contributed by atoms with E-state index in [1.807, 2.05) is 0 Å². The summed E-state index contributed by atoms with van der Waals surface area (Å²) in [5.74, 6) is -15.1. The Balaban J connectivity index is 2.14. The maximum Gasteiger partial charge on any atom is 0.368 e. The molecule has 0 aromatic heterocycles. The molecule has 2 amide bonds. The Morgan fingerprint density at radius 1 is 0.683 bits per heavy atom.